The third-order valence-corrected chi connectivity index (χ3v) is 3.07. The molecule has 1 unspecified atom stereocenters. The van der Waals surface area contributed by atoms with Crippen LogP contribution in [0.15, 0.2) is 24.3 Å². The molecule has 1 saturated heterocycles. The smallest absolute Gasteiger partial charge is 0.252 e. The van der Waals surface area contributed by atoms with Crippen LogP contribution >= 0.6 is 0 Å². The minimum absolute atomic E-state index is 0.00198. The molecule has 1 fully saturated rings. The van der Waals surface area contributed by atoms with E-state index in [-0.39, 0.29) is 24.5 Å². The summed E-state index contributed by atoms with van der Waals surface area (Å²) < 4.78 is 0. The van der Waals surface area contributed by atoms with Crippen molar-refractivity contribution in [1.29, 1.82) is 0 Å². The molecule has 0 aromatic heterocycles. The lowest BCUT2D eigenvalue weighted by Gasteiger charge is -2.12. The second-order valence-electron chi connectivity index (χ2n) is 4.52. The average molecular weight is 272 g/mol. The van der Waals surface area contributed by atoms with E-state index in [0.29, 0.717) is 24.1 Å². The van der Waals surface area contributed by atoms with Crippen molar-refractivity contribution in [1.82, 2.24) is 10.6 Å². The standard InChI is InChI=1S/C15H16N2O3/c18-9-3-5-11-4-1-2-6-13(11)15(20)16-10-12-7-8-14(19)17-12/h1-2,4,6,12,18H,7-10H2,(H,16,20)(H,17,19). The maximum atomic E-state index is 12.1. The highest BCUT2D eigenvalue weighted by Gasteiger charge is 2.21. The van der Waals surface area contributed by atoms with Crippen LogP contribution in [0.4, 0.5) is 0 Å². The van der Waals surface area contributed by atoms with Gasteiger partial charge in [0.25, 0.3) is 5.91 Å². The summed E-state index contributed by atoms with van der Waals surface area (Å²) >= 11 is 0. The van der Waals surface area contributed by atoms with Crippen LogP contribution in [0.5, 0.6) is 0 Å². The number of aliphatic hydroxyl groups is 1. The van der Waals surface area contributed by atoms with Crippen LogP contribution in [0.25, 0.3) is 0 Å². The van der Waals surface area contributed by atoms with Crippen LogP contribution in [0, 0.1) is 11.8 Å². The van der Waals surface area contributed by atoms with E-state index < -0.39 is 0 Å². The van der Waals surface area contributed by atoms with Crippen molar-refractivity contribution in [3.63, 3.8) is 0 Å². The molecule has 5 heteroatoms. The van der Waals surface area contributed by atoms with Crippen molar-refractivity contribution >= 4 is 11.8 Å². The van der Waals surface area contributed by atoms with E-state index in [1.165, 1.54) is 0 Å². The number of rotatable bonds is 3. The van der Waals surface area contributed by atoms with Crippen LogP contribution in [0.1, 0.15) is 28.8 Å². The zero-order valence-corrected chi connectivity index (χ0v) is 11.0. The monoisotopic (exact) mass is 272 g/mol. The molecule has 2 amide bonds. The van der Waals surface area contributed by atoms with Gasteiger partial charge >= 0.3 is 0 Å². The third kappa shape index (κ3) is 3.59. The Kier molecular flexibility index (Phi) is 4.75. The second-order valence-corrected chi connectivity index (χ2v) is 4.52. The average Bonchev–Trinajstić information content (AvgIpc) is 2.88. The number of amides is 2. The number of benzene rings is 1. The molecule has 5 nitrogen and oxygen atoms in total. The van der Waals surface area contributed by atoms with E-state index >= 15 is 0 Å². The molecule has 1 heterocycles. The quantitative estimate of drug-likeness (QED) is 0.680. The molecule has 3 N–H and O–H groups in total. The van der Waals surface area contributed by atoms with Gasteiger partial charge in [-0.3, -0.25) is 9.59 Å². The van der Waals surface area contributed by atoms with Gasteiger partial charge in [0.05, 0.1) is 5.56 Å². The number of aliphatic hydroxyl groups excluding tert-OH is 1. The van der Waals surface area contributed by atoms with Crippen molar-refractivity contribution in [3.05, 3.63) is 35.4 Å². The Morgan fingerprint density at radius 1 is 1.45 bits per heavy atom. The molecule has 1 atom stereocenters. The first-order chi connectivity index (χ1) is 9.70. The van der Waals surface area contributed by atoms with Gasteiger partial charge in [-0.15, -0.1) is 0 Å². The Morgan fingerprint density at radius 2 is 2.25 bits per heavy atom. The van der Waals surface area contributed by atoms with Crippen molar-refractivity contribution in [3.8, 4) is 11.8 Å². The summed E-state index contributed by atoms with van der Waals surface area (Å²) in [6.07, 6.45) is 1.25. The molecule has 20 heavy (non-hydrogen) atoms. The van der Waals surface area contributed by atoms with Gasteiger partial charge in [0.1, 0.15) is 6.61 Å². The fourth-order valence-corrected chi connectivity index (χ4v) is 2.07. The molecule has 2 rings (SSSR count). The van der Waals surface area contributed by atoms with E-state index in [9.17, 15) is 9.59 Å². The molecule has 0 radical (unpaired) electrons. The maximum Gasteiger partial charge on any atom is 0.252 e. The predicted molar refractivity (Wildman–Crippen MR) is 73.9 cm³/mol. The Hall–Kier alpha value is -2.32. The van der Waals surface area contributed by atoms with Crippen molar-refractivity contribution < 1.29 is 14.7 Å². The fourth-order valence-electron chi connectivity index (χ4n) is 2.07. The predicted octanol–water partition coefficient (Wildman–Crippen LogP) is 0.0388. The summed E-state index contributed by atoms with van der Waals surface area (Å²) in [6.45, 7) is 0.163. The van der Waals surface area contributed by atoms with Crippen LogP contribution in [0.3, 0.4) is 0 Å². The zero-order chi connectivity index (χ0) is 14.4. The zero-order valence-electron chi connectivity index (χ0n) is 11.0. The maximum absolute atomic E-state index is 12.1. The number of nitrogens with one attached hydrogen (secondary N) is 2. The number of carbonyl (C=O) groups is 2. The Balaban J connectivity index is 2.00. The molecule has 0 aliphatic carbocycles. The summed E-state index contributed by atoms with van der Waals surface area (Å²) in [5.41, 5.74) is 1.05. The van der Waals surface area contributed by atoms with Gasteiger partial charge in [0.15, 0.2) is 0 Å². The lowest BCUT2D eigenvalue weighted by Crippen LogP contribution is -2.38. The third-order valence-electron chi connectivity index (χ3n) is 3.07. The summed E-state index contributed by atoms with van der Waals surface area (Å²) in [5, 5.41) is 14.3. The summed E-state index contributed by atoms with van der Waals surface area (Å²) in [4.78, 5) is 23.2. The van der Waals surface area contributed by atoms with Crippen LogP contribution in [-0.4, -0.2) is 36.1 Å². The van der Waals surface area contributed by atoms with Gasteiger partial charge in [0, 0.05) is 24.6 Å². The molecule has 1 aromatic rings. The lowest BCUT2D eigenvalue weighted by molar-refractivity contribution is -0.119. The minimum atomic E-state index is -0.246. The van der Waals surface area contributed by atoms with Gasteiger partial charge < -0.3 is 15.7 Å². The van der Waals surface area contributed by atoms with Crippen LogP contribution < -0.4 is 10.6 Å². The highest BCUT2D eigenvalue weighted by Crippen LogP contribution is 2.09. The molecule has 0 spiro atoms. The van der Waals surface area contributed by atoms with Gasteiger partial charge in [-0.1, -0.05) is 24.0 Å². The molecule has 1 aliphatic rings. The molecular weight excluding hydrogens is 256 g/mol. The lowest BCUT2D eigenvalue weighted by atomic mass is 10.1. The van der Waals surface area contributed by atoms with Gasteiger partial charge in [-0.2, -0.15) is 0 Å². The van der Waals surface area contributed by atoms with Crippen molar-refractivity contribution in [2.75, 3.05) is 13.2 Å². The van der Waals surface area contributed by atoms with Crippen molar-refractivity contribution in [2.24, 2.45) is 0 Å². The summed E-state index contributed by atoms with van der Waals surface area (Å²) in [7, 11) is 0. The minimum Gasteiger partial charge on any atom is -0.384 e. The summed E-state index contributed by atoms with van der Waals surface area (Å²) in [5.74, 6) is 5.08. The number of hydrogen-bond donors (Lipinski definition) is 3. The number of hydrogen-bond acceptors (Lipinski definition) is 3. The molecule has 0 bridgehead atoms. The van der Waals surface area contributed by atoms with Crippen molar-refractivity contribution in [2.45, 2.75) is 18.9 Å². The van der Waals surface area contributed by atoms with E-state index in [1.807, 2.05) is 0 Å². The number of carbonyl (C=O) groups excluding carboxylic acids is 2. The van der Waals surface area contributed by atoms with E-state index in [1.54, 1.807) is 24.3 Å². The SMILES string of the molecule is O=C1CCC(CNC(=O)c2ccccc2C#CCO)N1. The van der Waals surface area contributed by atoms with Gasteiger partial charge in [-0.05, 0) is 18.6 Å². The van der Waals surface area contributed by atoms with Gasteiger partial charge in [-0.25, -0.2) is 0 Å². The Labute approximate surface area is 117 Å². The first-order valence-corrected chi connectivity index (χ1v) is 6.47. The van der Waals surface area contributed by atoms with E-state index in [4.69, 9.17) is 5.11 Å². The second kappa shape index (κ2) is 6.73. The highest BCUT2D eigenvalue weighted by molar-refractivity contribution is 5.96. The van der Waals surface area contributed by atoms with Crippen LogP contribution in [-0.2, 0) is 4.79 Å². The van der Waals surface area contributed by atoms with E-state index in [0.717, 1.165) is 6.42 Å². The van der Waals surface area contributed by atoms with E-state index in [2.05, 4.69) is 22.5 Å². The largest absolute Gasteiger partial charge is 0.384 e. The normalized spacial score (nSPS) is 17.1. The first-order valence-electron chi connectivity index (χ1n) is 6.47. The first kappa shape index (κ1) is 14.1. The molecule has 104 valence electrons. The Morgan fingerprint density at radius 3 is 2.95 bits per heavy atom. The Bertz CT molecular complexity index is 572. The van der Waals surface area contributed by atoms with Crippen LogP contribution in [0.2, 0.25) is 0 Å². The molecule has 1 aromatic carbocycles. The summed E-state index contributed by atoms with van der Waals surface area (Å²) in [6, 6.07) is 6.96. The highest BCUT2D eigenvalue weighted by atomic mass is 16.2. The molecular formula is C15H16N2O3. The van der Waals surface area contributed by atoms with Gasteiger partial charge in [0.2, 0.25) is 5.91 Å². The molecule has 0 saturated carbocycles. The fraction of sp³-hybridized carbons (Fsp3) is 0.333. The molecule has 1 aliphatic heterocycles. The topological polar surface area (TPSA) is 78.4 Å².